The third-order valence-corrected chi connectivity index (χ3v) is 7.47. The molecule has 174 valence electrons. The van der Waals surface area contributed by atoms with Crippen molar-refractivity contribution in [1.82, 2.24) is 14.1 Å². The average Bonchev–Trinajstić information content (AvgIpc) is 3.11. The number of benzene rings is 2. The number of hydrogen-bond donors (Lipinski definition) is 0. The minimum atomic E-state index is -3.80. The second kappa shape index (κ2) is 9.63. The fraction of sp³-hybridized carbons (Fsp3) is 0.304. The zero-order valence-electron chi connectivity index (χ0n) is 18.5. The van der Waals surface area contributed by atoms with E-state index < -0.39 is 10.0 Å². The molecule has 0 aliphatic carbocycles. The number of para-hydroxylation sites is 1. The first-order chi connectivity index (χ1) is 15.9. The Labute approximate surface area is 192 Å². The quantitative estimate of drug-likeness (QED) is 0.545. The molecule has 2 aromatic carbocycles. The van der Waals surface area contributed by atoms with Crippen molar-refractivity contribution >= 4 is 15.8 Å². The van der Waals surface area contributed by atoms with Gasteiger partial charge in [0, 0.05) is 38.3 Å². The van der Waals surface area contributed by atoms with Crippen molar-refractivity contribution < 1.29 is 17.9 Å². The van der Waals surface area contributed by atoms with Gasteiger partial charge in [-0.05, 0) is 36.8 Å². The monoisotopic (exact) mass is 470 g/mol. The van der Waals surface area contributed by atoms with Gasteiger partial charge in [-0.2, -0.15) is 8.99 Å². The van der Waals surface area contributed by atoms with E-state index in [0.29, 0.717) is 43.3 Å². The van der Waals surface area contributed by atoms with E-state index in [4.69, 9.17) is 9.47 Å². The van der Waals surface area contributed by atoms with Crippen LogP contribution in [-0.4, -0.2) is 62.9 Å². The summed E-state index contributed by atoms with van der Waals surface area (Å²) in [5.74, 6) is 1.34. The summed E-state index contributed by atoms with van der Waals surface area (Å²) in [5.41, 5.74) is 0.447. The minimum absolute atomic E-state index is 0.0774. The number of aromatic nitrogens is 2. The van der Waals surface area contributed by atoms with Gasteiger partial charge in [0.25, 0.3) is 5.56 Å². The summed E-state index contributed by atoms with van der Waals surface area (Å²) in [4.78, 5) is 14.4. The van der Waals surface area contributed by atoms with Gasteiger partial charge in [0.05, 0.1) is 19.9 Å². The summed E-state index contributed by atoms with van der Waals surface area (Å²) >= 11 is 0. The molecule has 4 rings (SSSR count). The maximum atomic E-state index is 13.4. The topological polar surface area (TPSA) is 94.0 Å². The molecular formula is C23H26N4O5S. The number of hydrogen-bond acceptors (Lipinski definition) is 7. The van der Waals surface area contributed by atoms with E-state index in [0.717, 1.165) is 0 Å². The Morgan fingerprint density at radius 2 is 1.67 bits per heavy atom. The summed E-state index contributed by atoms with van der Waals surface area (Å²) in [6.07, 6.45) is 0.609. The first kappa shape index (κ1) is 22.8. The van der Waals surface area contributed by atoms with E-state index in [-0.39, 0.29) is 22.7 Å². The van der Waals surface area contributed by atoms with E-state index in [1.54, 1.807) is 18.2 Å². The number of anilines is 1. The largest absolute Gasteiger partial charge is 0.497 e. The molecule has 33 heavy (non-hydrogen) atoms. The van der Waals surface area contributed by atoms with Crippen molar-refractivity contribution in [3.8, 4) is 17.2 Å². The van der Waals surface area contributed by atoms with Gasteiger partial charge >= 0.3 is 0 Å². The third-order valence-electron chi connectivity index (χ3n) is 5.55. The number of rotatable bonds is 6. The van der Waals surface area contributed by atoms with Crippen LogP contribution in [-0.2, 0) is 10.0 Å². The van der Waals surface area contributed by atoms with Crippen LogP contribution in [0.25, 0.3) is 5.69 Å². The zero-order chi connectivity index (χ0) is 23.4. The molecular weight excluding hydrogens is 444 g/mol. The molecule has 3 aromatic rings. The van der Waals surface area contributed by atoms with Crippen molar-refractivity contribution in [2.24, 2.45) is 0 Å². The number of ether oxygens (including phenoxy) is 2. The molecule has 0 saturated carbocycles. The molecule has 2 heterocycles. The summed E-state index contributed by atoms with van der Waals surface area (Å²) in [5, 5.41) is 4.53. The van der Waals surface area contributed by atoms with Gasteiger partial charge in [-0.1, -0.05) is 18.2 Å². The summed E-state index contributed by atoms with van der Waals surface area (Å²) < 4.78 is 40.2. The Kier molecular flexibility index (Phi) is 6.66. The second-order valence-electron chi connectivity index (χ2n) is 7.54. The van der Waals surface area contributed by atoms with E-state index in [1.165, 1.54) is 35.3 Å². The normalized spacial score (nSPS) is 15.2. The SMILES string of the molecule is COc1ccc(OC)c(S(=O)(=O)N2CCCN(c3ccc(=O)n(-c4ccccc4)n3)CC2)c1. The fourth-order valence-corrected chi connectivity index (χ4v) is 5.45. The number of methoxy groups -OCH3 is 2. The van der Waals surface area contributed by atoms with Gasteiger partial charge in [-0.3, -0.25) is 4.79 Å². The molecule has 0 bridgehead atoms. The summed E-state index contributed by atoms with van der Waals surface area (Å²) in [7, 11) is -0.865. The first-order valence-electron chi connectivity index (χ1n) is 10.6. The minimum Gasteiger partial charge on any atom is -0.497 e. The van der Waals surface area contributed by atoms with Gasteiger partial charge < -0.3 is 14.4 Å². The Bertz CT molecular complexity index is 1280. The standard InChI is InChI=1S/C23H26N4O5S/c1-31-19-9-10-20(32-2)21(17-19)33(29,30)26-14-6-13-25(15-16-26)22-11-12-23(28)27(24-22)18-7-4-3-5-8-18/h3-5,7-12,17H,6,13-16H2,1-2H3. The van der Waals surface area contributed by atoms with Crippen LogP contribution in [0.3, 0.4) is 0 Å². The van der Waals surface area contributed by atoms with Crippen LogP contribution in [0.15, 0.2) is 70.4 Å². The second-order valence-corrected chi connectivity index (χ2v) is 9.44. The van der Waals surface area contributed by atoms with Crippen molar-refractivity contribution in [1.29, 1.82) is 0 Å². The van der Waals surface area contributed by atoms with Crippen LogP contribution in [0.1, 0.15) is 6.42 Å². The molecule has 1 saturated heterocycles. The predicted octanol–water partition coefficient (Wildman–Crippen LogP) is 2.15. The Morgan fingerprint density at radius 1 is 0.879 bits per heavy atom. The van der Waals surface area contributed by atoms with E-state index in [1.807, 2.05) is 35.2 Å². The molecule has 9 nitrogen and oxygen atoms in total. The maximum absolute atomic E-state index is 13.4. The molecule has 0 radical (unpaired) electrons. The molecule has 0 unspecified atom stereocenters. The highest BCUT2D eigenvalue weighted by Gasteiger charge is 2.30. The van der Waals surface area contributed by atoms with E-state index >= 15 is 0 Å². The molecule has 0 spiro atoms. The lowest BCUT2D eigenvalue weighted by molar-refractivity contribution is 0.385. The van der Waals surface area contributed by atoms with Crippen LogP contribution >= 0.6 is 0 Å². The Hall–Kier alpha value is -3.37. The first-order valence-corrected chi connectivity index (χ1v) is 12.0. The third kappa shape index (κ3) is 4.71. The van der Waals surface area contributed by atoms with E-state index in [2.05, 4.69) is 5.10 Å². The van der Waals surface area contributed by atoms with Crippen molar-refractivity contribution in [2.75, 3.05) is 45.3 Å². The van der Waals surface area contributed by atoms with Crippen LogP contribution in [0.2, 0.25) is 0 Å². The van der Waals surface area contributed by atoms with Gasteiger partial charge in [0.15, 0.2) is 0 Å². The highest BCUT2D eigenvalue weighted by molar-refractivity contribution is 7.89. The van der Waals surface area contributed by atoms with Crippen molar-refractivity contribution in [3.05, 3.63) is 71.0 Å². The summed E-state index contributed by atoms with van der Waals surface area (Å²) in [6, 6.07) is 17.1. The molecule has 0 N–H and O–H groups in total. The molecule has 1 aromatic heterocycles. The fourth-order valence-electron chi connectivity index (χ4n) is 3.81. The maximum Gasteiger partial charge on any atom is 0.271 e. The highest BCUT2D eigenvalue weighted by Crippen LogP contribution is 2.31. The van der Waals surface area contributed by atoms with Crippen LogP contribution in [0.5, 0.6) is 11.5 Å². The lowest BCUT2D eigenvalue weighted by Gasteiger charge is -2.23. The molecule has 0 atom stereocenters. The number of sulfonamides is 1. The molecule has 1 aliphatic rings. The molecule has 1 fully saturated rings. The van der Waals surface area contributed by atoms with Gasteiger partial charge in [0.1, 0.15) is 22.2 Å². The summed E-state index contributed by atoms with van der Waals surface area (Å²) in [6.45, 7) is 1.68. The van der Waals surface area contributed by atoms with E-state index in [9.17, 15) is 13.2 Å². The van der Waals surface area contributed by atoms with Crippen molar-refractivity contribution in [3.63, 3.8) is 0 Å². The van der Waals surface area contributed by atoms with Gasteiger partial charge in [-0.15, -0.1) is 5.10 Å². The van der Waals surface area contributed by atoms with Crippen LogP contribution in [0.4, 0.5) is 5.82 Å². The van der Waals surface area contributed by atoms with Crippen molar-refractivity contribution in [2.45, 2.75) is 11.3 Å². The smallest absolute Gasteiger partial charge is 0.271 e. The lowest BCUT2D eigenvalue weighted by Crippen LogP contribution is -2.36. The molecule has 1 aliphatic heterocycles. The van der Waals surface area contributed by atoms with Gasteiger partial charge in [-0.25, -0.2) is 8.42 Å². The average molecular weight is 471 g/mol. The lowest BCUT2D eigenvalue weighted by atomic mass is 10.3. The molecule has 0 amide bonds. The zero-order valence-corrected chi connectivity index (χ0v) is 19.4. The molecule has 10 heteroatoms. The van der Waals surface area contributed by atoms with Crippen LogP contribution in [0, 0.1) is 0 Å². The Morgan fingerprint density at radius 3 is 2.39 bits per heavy atom. The Balaban J connectivity index is 1.58. The predicted molar refractivity (Wildman–Crippen MR) is 125 cm³/mol. The number of nitrogens with zero attached hydrogens (tertiary/aromatic N) is 4. The van der Waals surface area contributed by atoms with Gasteiger partial charge in [0.2, 0.25) is 10.0 Å². The van der Waals surface area contributed by atoms with Crippen LogP contribution < -0.4 is 19.9 Å². The highest BCUT2D eigenvalue weighted by atomic mass is 32.2.